The van der Waals surface area contributed by atoms with Crippen molar-refractivity contribution in [3.8, 4) is 5.75 Å². The van der Waals surface area contributed by atoms with Gasteiger partial charge in [0.05, 0.1) is 17.6 Å². The first-order valence-corrected chi connectivity index (χ1v) is 9.83. The third-order valence-corrected chi connectivity index (χ3v) is 5.87. The molecule has 0 spiro atoms. The van der Waals surface area contributed by atoms with Crippen LogP contribution in [0.4, 0.5) is 0 Å². The second kappa shape index (κ2) is 9.74. The summed E-state index contributed by atoms with van der Waals surface area (Å²) in [7, 11) is 1.76. The molecule has 25 heavy (non-hydrogen) atoms. The van der Waals surface area contributed by atoms with Crippen molar-refractivity contribution in [3.63, 3.8) is 0 Å². The number of nitrogens with one attached hydrogen (secondary N) is 1. The Balaban J connectivity index is 3.04. The fourth-order valence-corrected chi connectivity index (χ4v) is 3.91. The lowest BCUT2D eigenvalue weighted by atomic mass is 10.2. The monoisotopic (exact) mass is 371 g/mol. The average Bonchev–Trinajstić information content (AvgIpc) is 2.58. The van der Waals surface area contributed by atoms with Crippen LogP contribution in [0.3, 0.4) is 0 Å². The van der Waals surface area contributed by atoms with Crippen LogP contribution in [0.15, 0.2) is 23.1 Å². The molecule has 0 unspecified atom stereocenters. The number of benzene rings is 1. The van der Waals surface area contributed by atoms with Crippen molar-refractivity contribution in [2.45, 2.75) is 25.2 Å². The second-order valence-electron chi connectivity index (χ2n) is 5.86. The molecule has 0 saturated heterocycles. The number of hydrogen-bond donors (Lipinski definition) is 1. The molecule has 8 heteroatoms. The van der Waals surface area contributed by atoms with Crippen LogP contribution < -0.4 is 10.1 Å². The van der Waals surface area contributed by atoms with Gasteiger partial charge < -0.3 is 15.0 Å². The van der Waals surface area contributed by atoms with Gasteiger partial charge in [-0.1, -0.05) is 13.8 Å². The zero-order chi connectivity index (χ0) is 19.0. The zero-order valence-electron chi connectivity index (χ0n) is 15.7. The molecule has 142 valence electrons. The Bertz CT molecular complexity index is 670. The van der Waals surface area contributed by atoms with Crippen molar-refractivity contribution in [2.24, 2.45) is 0 Å². The molecule has 0 aliphatic carbocycles. The fraction of sp³-hybridized carbons (Fsp3) is 0.588. The molecule has 1 aromatic carbocycles. The predicted molar refractivity (Wildman–Crippen MR) is 98.6 cm³/mol. The third kappa shape index (κ3) is 5.69. The van der Waals surface area contributed by atoms with E-state index in [1.165, 1.54) is 29.6 Å². The number of nitrogens with zero attached hydrogens (tertiary/aromatic N) is 2. The Morgan fingerprint density at radius 3 is 2.36 bits per heavy atom. The van der Waals surface area contributed by atoms with Gasteiger partial charge in [0.2, 0.25) is 10.0 Å². The summed E-state index contributed by atoms with van der Waals surface area (Å²) in [6, 6.07) is 4.37. The van der Waals surface area contributed by atoms with Crippen LogP contribution in [0.25, 0.3) is 0 Å². The van der Waals surface area contributed by atoms with E-state index >= 15 is 0 Å². The number of methoxy groups -OCH3 is 1. The number of hydrogen-bond acceptors (Lipinski definition) is 5. The minimum Gasteiger partial charge on any atom is -0.496 e. The highest BCUT2D eigenvalue weighted by molar-refractivity contribution is 7.89. The van der Waals surface area contributed by atoms with Crippen molar-refractivity contribution in [3.05, 3.63) is 23.8 Å². The smallest absolute Gasteiger partial charge is 0.255 e. The van der Waals surface area contributed by atoms with E-state index in [2.05, 4.69) is 5.32 Å². The third-order valence-electron chi connectivity index (χ3n) is 3.83. The molecule has 0 bridgehead atoms. The lowest BCUT2D eigenvalue weighted by Gasteiger charge is -2.19. The summed E-state index contributed by atoms with van der Waals surface area (Å²) in [6.07, 6.45) is 0.804. The molecule has 0 aliphatic rings. The number of amides is 1. The molecule has 1 amide bonds. The average molecular weight is 372 g/mol. The highest BCUT2D eigenvalue weighted by Gasteiger charge is 2.24. The predicted octanol–water partition coefficient (Wildman–Crippen LogP) is 1.41. The van der Waals surface area contributed by atoms with Crippen LogP contribution >= 0.6 is 0 Å². The molecule has 0 fully saturated rings. The maximum Gasteiger partial charge on any atom is 0.255 e. The quantitative estimate of drug-likeness (QED) is 0.629. The van der Waals surface area contributed by atoms with E-state index in [0.717, 1.165) is 13.0 Å². The molecule has 0 heterocycles. The van der Waals surface area contributed by atoms with Gasteiger partial charge in [0.1, 0.15) is 5.75 Å². The van der Waals surface area contributed by atoms with Crippen LogP contribution in [0.5, 0.6) is 5.75 Å². The summed E-state index contributed by atoms with van der Waals surface area (Å²) in [4.78, 5) is 14.6. The molecule has 0 saturated carbocycles. The number of rotatable bonds is 10. The first kappa shape index (κ1) is 21.4. The zero-order valence-corrected chi connectivity index (χ0v) is 16.5. The Morgan fingerprint density at radius 2 is 1.84 bits per heavy atom. The Kier molecular flexibility index (Phi) is 8.34. The van der Waals surface area contributed by atoms with Crippen molar-refractivity contribution < 1.29 is 17.9 Å². The molecule has 0 aromatic heterocycles. The maximum absolute atomic E-state index is 12.7. The molecule has 1 N–H and O–H groups in total. The van der Waals surface area contributed by atoms with E-state index in [1.54, 1.807) is 13.8 Å². The van der Waals surface area contributed by atoms with Gasteiger partial charge in [-0.05, 0) is 45.3 Å². The second-order valence-corrected chi connectivity index (χ2v) is 7.80. The van der Waals surface area contributed by atoms with E-state index in [9.17, 15) is 13.2 Å². The normalized spacial score (nSPS) is 11.8. The topological polar surface area (TPSA) is 78.9 Å². The van der Waals surface area contributed by atoms with Crippen LogP contribution in [-0.2, 0) is 10.0 Å². The summed E-state index contributed by atoms with van der Waals surface area (Å²) in [6.45, 7) is 5.67. The van der Waals surface area contributed by atoms with Gasteiger partial charge in [-0.15, -0.1) is 0 Å². The van der Waals surface area contributed by atoms with Crippen molar-refractivity contribution in [2.75, 3.05) is 47.4 Å². The Morgan fingerprint density at radius 1 is 1.20 bits per heavy atom. The van der Waals surface area contributed by atoms with Gasteiger partial charge in [-0.25, -0.2) is 8.42 Å². The molecular formula is C17H29N3O4S. The first-order chi connectivity index (χ1) is 11.8. The minimum atomic E-state index is -3.63. The fourth-order valence-electron chi connectivity index (χ4n) is 2.43. The molecule has 1 aromatic rings. The summed E-state index contributed by atoms with van der Waals surface area (Å²) in [5, 5.41) is 2.81. The van der Waals surface area contributed by atoms with Gasteiger partial charge in [0, 0.05) is 19.6 Å². The van der Waals surface area contributed by atoms with Crippen LogP contribution in [0, 0.1) is 0 Å². The van der Waals surface area contributed by atoms with Crippen LogP contribution in [0.2, 0.25) is 0 Å². The van der Waals surface area contributed by atoms with Gasteiger partial charge in [0.25, 0.3) is 5.91 Å². The van der Waals surface area contributed by atoms with E-state index in [-0.39, 0.29) is 16.4 Å². The number of carbonyl (C=O) groups is 1. The highest BCUT2D eigenvalue weighted by Crippen LogP contribution is 2.24. The van der Waals surface area contributed by atoms with Crippen molar-refractivity contribution >= 4 is 15.9 Å². The van der Waals surface area contributed by atoms with Gasteiger partial charge in [-0.3, -0.25) is 4.79 Å². The van der Waals surface area contributed by atoms with E-state index < -0.39 is 10.0 Å². The highest BCUT2D eigenvalue weighted by atomic mass is 32.2. The maximum atomic E-state index is 12.7. The Labute approximate surface area is 151 Å². The van der Waals surface area contributed by atoms with E-state index in [1.807, 2.05) is 19.0 Å². The van der Waals surface area contributed by atoms with Gasteiger partial charge in [-0.2, -0.15) is 4.31 Å². The molecule has 0 radical (unpaired) electrons. The van der Waals surface area contributed by atoms with Gasteiger partial charge in [0.15, 0.2) is 0 Å². The van der Waals surface area contributed by atoms with Crippen LogP contribution in [-0.4, -0.2) is 70.9 Å². The number of carbonyl (C=O) groups excluding carboxylic acids is 1. The molecule has 1 rings (SSSR count). The lowest BCUT2D eigenvalue weighted by molar-refractivity contribution is 0.0949. The standard InChI is InChI=1S/C17H29N3O4S/c1-6-20(7-2)25(22,23)14-9-10-16(24-5)15(13-14)17(21)18-11-8-12-19(3)4/h9-10,13H,6-8,11-12H2,1-5H3,(H,18,21). The molecule has 0 aliphatic heterocycles. The Hall–Kier alpha value is -1.64. The molecule has 0 atom stereocenters. The van der Waals surface area contributed by atoms with Gasteiger partial charge >= 0.3 is 0 Å². The lowest BCUT2D eigenvalue weighted by Crippen LogP contribution is -2.31. The summed E-state index contributed by atoms with van der Waals surface area (Å²) >= 11 is 0. The number of ether oxygens (including phenoxy) is 1. The van der Waals surface area contributed by atoms with E-state index in [4.69, 9.17) is 4.74 Å². The van der Waals surface area contributed by atoms with Crippen molar-refractivity contribution in [1.29, 1.82) is 0 Å². The molecular weight excluding hydrogens is 342 g/mol. The largest absolute Gasteiger partial charge is 0.496 e. The van der Waals surface area contributed by atoms with E-state index in [0.29, 0.717) is 25.4 Å². The minimum absolute atomic E-state index is 0.0930. The van der Waals surface area contributed by atoms with Crippen molar-refractivity contribution in [1.82, 2.24) is 14.5 Å². The summed E-state index contributed by atoms with van der Waals surface area (Å²) < 4.78 is 31.9. The number of sulfonamides is 1. The van der Waals surface area contributed by atoms with Crippen LogP contribution in [0.1, 0.15) is 30.6 Å². The first-order valence-electron chi connectivity index (χ1n) is 8.39. The summed E-state index contributed by atoms with van der Waals surface area (Å²) in [5.41, 5.74) is 0.223. The molecule has 7 nitrogen and oxygen atoms in total. The SMILES string of the molecule is CCN(CC)S(=O)(=O)c1ccc(OC)c(C(=O)NCCCN(C)C)c1. The summed E-state index contributed by atoms with van der Waals surface area (Å²) in [5.74, 6) is 0.0100.